The number of methoxy groups -OCH3 is 1. The fraction of sp³-hybridized carbons (Fsp3) is 0.407. The van der Waals surface area contributed by atoms with Crippen molar-refractivity contribution in [2.45, 2.75) is 57.7 Å². The van der Waals surface area contributed by atoms with Crippen LogP contribution in [0.2, 0.25) is 0 Å². The van der Waals surface area contributed by atoms with Crippen LogP contribution < -0.4 is 10.1 Å². The SMILES string of the molecule is COc1cc2nn(C3CCC(n4ccnc4C(C)O)CC3)cc2cc1C(=O)N/C(C)=C/C=C\N(C)C=O. The first kappa shape index (κ1) is 26.2. The lowest BCUT2D eigenvalue weighted by Gasteiger charge is -2.30. The van der Waals surface area contributed by atoms with Gasteiger partial charge in [0.1, 0.15) is 17.7 Å². The van der Waals surface area contributed by atoms with Crippen molar-refractivity contribution in [3.05, 3.63) is 66.2 Å². The standard InChI is InChI=1S/C27H34N6O4/c1-18(6-5-12-31(3)17-34)29-27(36)23-14-20-16-33(30-24(20)15-25(23)37-4)22-9-7-21(8-10-22)32-13-11-28-26(32)19(2)35/h5-6,11-17,19,21-22,35H,7-10H2,1-4H3,(H,29,36)/b12-5-,18-6+. The van der Waals surface area contributed by atoms with Gasteiger partial charge in [-0.05, 0) is 57.7 Å². The minimum Gasteiger partial charge on any atom is -0.496 e. The molecule has 1 unspecified atom stereocenters. The highest BCUT2D eigenvalue weighted by atomic mass is 16.5. The summed E-state index contributed by atoms with van der Waals surface area (Å²) in [5.74, 6) is 0.876. The van der Waals surface area contributed by atoms with Crippen molar-refractivity contribution in [3.63, 3.8) is 0 Å². The minimum atomic E-state index is -0.592. The molecule has 1 fully saturated rings. The minimum absolute atomic E-state index is 0.256. The lowest BCUT2D eigenvalue weighted by Crippen LogP contribution is -2.22. The van der Waals surface area contributed by atoms with Crippen molar-refractivity contribution >= 4 is 23.2 Å². The predicted octanol–water partition coefficient (Wildman–Crippen LogP) is 3.89. The van der Waals surface area contributed by atoms with E-state index >= 15 is 0 Å². The number of nitrogens with one attached hydrogen (secondary N) is 1. The van der Waals surface area contributed by atoms with Gasteiger partial charge in [0.2, 0.25) is 6.41 Å². The summed E-state index contributed by atoms with van der Waals surface area (Å²) in [7, 11) is 3.17. The topological polar surface area (TPSA) is 115 Å². The number of aliphatic hydroxyl groups is 1. The second-order valence-corrected chi connectivity index (χ2v) is 9.47. The number of nitrogens with zero attached hydrogens (tertiary/aromatic N) is 5. The lowest BCUT2D eigenvalue weighted by atomic mass is 9.91. The molecule has 1 aliphatic carbocycles. The van der Waals surface area contributed by atoms with Crippen molar-refractivity contribution < 1.29 is 19.4 Å². The van der Waals surface area contributed by atoms with Crippen LogP contribution in [0.4, 0.5) is 0 Å². The van der Waals surface area contributed by atoms with Gasteiger partial charge in [-0.15, -0.1) is 0 Å². The number of carbonyl (C=O) groups is 2. The Bertz CT molecular complexity index is 1310. The monoisotopic (exact) mass is 506 g/mol. The first-order valence-electron chi connectivity index (χ1n) is 12.4. The molecule has 0 bridgehead atoms. The second kappa shape index (κ2) is 11.4. The zero-order chi connectivity index (χ0) is 26.5. The van der Waals surface area contributed by atoms with Crippen LogP contribution in [-0.2, 0) is 4.79 Å². The average molecular weight is 507 g/mol. The van der Waals surface area contributed by atoms with Gasteiger partial charge in [0.15, 0.2) is 0 Å². The summed E-state index contributed by atoms with van der Waals surface area (Å²) >= 11 is 0. The number of aromatic nitrogens is 4. The van der Waals surface area contributed by atoms with Crippen LogP contribution in [0, 0.1) is 0 Å². The number of imidazole rings is 1. The van der Waals surface area contributed by atoms with Gasteiger partial charge in [0, 0.05) is 55.0 Å². The maximum Gasteiger partial charge on any atom is 0.259 e. The van der Waals surface area contributed by atoms with Crippen molar-refractivity contribution in [3.8, 4) is 5.75 Å². The maximum absolute atomic E-state index is 13.0. The van der Waals surface area contributed by atoms with Gasteiger partial charge in [0.05, 0.1) is 24.2 Å². The fourth-order valence-electron chi connectivity index (χ4n) is 4.81. The summed E-state index contributed by atoms with van der Waals surface area (Å²) in [6.45, 7) is 3.52. The maximum atomic E-state index is 13.0. The summed E-state index contributed by atoms with van der Waals surface area (Å²) < 4.78 is 9.61. The smallest absolute Gasteiger partial charge is 0.259 e. The van der Waals surface area contributed by atoms with Gasteiger partial charge < -0.3 is 24.6 Å². The summed E-state index contributed by atoms with van der Waals surface area (Å²) in [4.78, 5) is 29.3. The van der Waals surface area contributed by atoms with Crippen molar-refractivity contribution in [2.24, 2.45) is 0 Å². The number of fused-ring (bicyclic) bond motifs is 1. The first-order chi connectivity index (χ1) is 17.8. The summed E-state index contributed by atoms with van der Waals surface area (Å²) in [5.41, 5.74) is 1.83. The van der Waals surface area contributed by atoms with Gasteiger partial charge >= 0.3 is 0 Å². The molecular formula is C27H34N6O4. The normalized spacial score (nSPS) is 19.2. The molecule has 2 aromatic heterocycles. The highest BCUT2D eigenvalue weighted by molar-refractivity contribution is 6.01. The average Bonchev–Trinajstić information content (AvgIpc) is 3.55. The number of allylic oxidation sites excluding steroid dienone is 3. The molecule has 2 amide bonds. The second-order valence-electron chi connectivity index (χ2n) is 9.47. The molecule has 3 aromatic rings. The quantitative estimate of drug-likeness (QED) is 0.336. The molecule has 2 heterocycles. The van der Waals surface area contributed by atoms with Crippen LogP contribution in [0.1, 0.15) is 73.9 Å². The molecule has 10 heteroatoms. The van der Waals surface area contributed by atoms with E-state index in [0.717, 1.165) is 36.6 Å². The van der Waals surface area contributed by atoms with Crippen molar-refractivity contribution in [2.75, 3.05) is 14.2 Å². The Morgan fingerprint density at radius 3 is 2.68 bits per heavy atom. The molecule has 4 rings (SSSR count). The summed E-state index contributed by atoms with van der Waals surface area (Å²) in [5, 5.41) is 18.5. The molecule has 0 radical (unpaired) electrons. The number of hydrogen-bond donors (Lipinski definition) is 2. The third kappa shape index (κ3) is 5.91. The van der Waals surface area contributed by atoms with Gasteiger partial charge in [-0.25, -0.2) is 4.98 Å². The molecule has 196 valence electrons. The Morgan fingerprint density at radius 1 is 1.27 bits per heavy atom. The van der Waals surface area contributed by atoms with E-state index in [0.29, 0.717) is 35.3 Å². The number of carbonyl (C=O) groups excluding carboxylic acids is 2. The van der Waals surface area contributed by atoms with E-state index in [1.54, 1.807) is 51.5 Å². The number of aliphatic hydroxyl groups excluding tert-OH is 1. The molecule has 37 heavy (non-hydrogen) atoms. The van der Waals surface area contributed by atoms with Gasteiger partial charge in [0.25, 0.3) is 5.91 Å². The fourth-order valence-corrected chi connectivity index (χ4v) is 4.81. The van der Waals surface area contributed by atoms with Crippen molar-refractivity contribution in [1.29, 1.82) is 0 Å². The van der Waals surface area contributed by atoms with Crippen molar-refractivity contribution in [1.82, 2.24) is 29.5 Å². The molecule has 0 spiro atoms. The van der Waals surface area contributed by atoms with E-state index in [9.17, 15) is 14.7 Å². The van der Waals surface area contributed by atoms with Crippen LogP contribution in [0.3, 0.4) is 0 Å². The Kier molecular flexibility index (Phi) is 8.08. The predicted molar refractivity (Wildman–Crippen MR) is 140 cm³/mol. The molecule has 1 aromatic carbocycles. The molecule has 0 saturated heterocycles. The number of hydrogen-bond acceptors (Lipinski definition) is 6. The third-order valence-corrected chi connectivity index (χ3v) is 6.74. The Hall–Kier alpha value is -3.92. The number of amides is 2. The van der Waals surface area contributed by atoms with E-state index in [1.165, 1.54) is 12.0 Å². The third-order valence-electron chi connectivity index (χ3n) is 6.74. The van der Waals surface area contributed by atoms with E-state index in [1.807, 2.05) is 23.1 Å². The Labute approximate surface area is 216 Å². The molecule has 1 atom stereocenters. The molecule has 10 nitrogen and oxygen atoms in total. The van der Waals surface area contributed by atoms with Crippen LogP contribution >= 0.6 is 0 Å². The zero-order valence-electron chi connectivity index (χ0n) is 21.7. The van der Waals surface area contributed by atoms with Gasteiger partial charge in [-0.3, -0.25) is 14.3 Å². The summed E-state index contributed by atoms with van der Waals surface area (Å²) in [6.07, 6.45) is 14.6. The number of benzene rings is 1. The van der Waals surface area contributed by atoms with Crippen LogP contribution in [0.15, 0.2) is 54.8 Å². The molecule has 1 saturated carbocycles. The van der Waals surface area contributed by atoms with E-state index in [2.05, 4.69) is 14.9 Å². The molecular weight excluding hydrogens is 472 g/mol. The van der Waals surface area contributed by atoms with Crippen LogP contribution in [0.25, 0.3) is 10.9 Å². The number of ether oxygens (including phenoxy) is 1. The van der Waals surface area contributed by atoms with Crippen LogP contribution in [0.5, 0.6) is 5.75 Å². The van der Waals surface area contributed by atoms with Gasteiger partial charge in [-0.1, -0.05) is 0 Å². The highest BCUT2D eigenvalue weighted by Gasteiger charge is 2.26. The Morgan fingerprint density at radius 2 is 2.00 bits per heavy atom. The first-order valence-corrected chi connectivity index (χ1v) is 12.4. The molecule has 1 aliphatic rings. The largest absolute Gasteiger partial charge is 0.496 e. The molecule has 0 aliphatic heterocycles. The Balaban J connectivity index is 1.48. The van der Waals surface area contributed by atoms with Crippen LogP contribution in [-0.4, -0.2) is 55.8 Å². The van der Waals surface area contributed by atoms with E-state index in [4.69, 9.17) is 9.84 Å². The zero-order valence-corrected chi connectivity index (χ0v) is 21.7. The summed E-state index contributed by atoms with van der Waals surface area (Å²) in [6, 6.07) is 4.17. The lowest BCUT2D eigenvalue weighted by molar-refractivity contribution is -0.114. The number of rotatable bonds is 9. The van der Waals surface area contributed by atoms with E-state index < -0.39 is 6.10 Å². The van der Waals surface area contributed by atoms with Gasteiger partial charge in [-0.2, -0.15) is 5.10 Å². The molecule has 2 N–H and O–H groups in total. The highest BCUT2D eigenvalue weighted by Crippen LogP contribution is 2.37. The van der Waals surface area contributed by atoms with E-state index in [-0.39, 0.29) is 11.9 Å².